The topological polar surface area (TPSA) is 63.2 Å². The van der Waals surface area contributed by atoms with Crippen molar-refractivity contribution in [2.24, 2.45) is 0 Å². The molecule has 0 saturated carbocycles. The average molecular weight is 299 g/mol. The Bertz CT molecular complexity index is 569. The minimum atomic E-state index is -2.94. The predicted octanol–water partition coefficient (Wildman–Crippen LogP) is 1.39. The van der Waals surface area contributed by atoms with E-state index < -0.39 is 9.84 Å². The lowest BCUT2D eigenvalue weighted by molar-refractivity contribution is -0.119. The second kappa shape index (κ2) is 5.96. The monoisotopic (exact) mass is 299 g/mol. The summed E-state index contributed by atoms with van der Waals surface area (Å²) in [5.74, 6) is 0.480. The van der Waals surface area contributed by atoms with Crippen LogP contribution in [0.1, 0.15) is 12.0 Å². The Balaban J connectivity index is 1.81. The summed E-state index contributed by atoms with van der Waals surface area (Å²) < 4.78 is 22.6. The zero-order valence-corrected chi connectivity index (χ0v) is 12.4. The number of hydrogen-bond acceptors (Lipinski definition) is 4. The van der Waals surface area contributed by atoms with Gasteiger partial charge < -0.3 is 5.32 Å². The van der Waals surface area contributed by atoms with Crippen molar-refractivity contribution in [3.8, 4) is 0 Å². The van der Waals surface area contributed by atoms with Crippen LogP contribution in [-0.4, -0.2) is 37.6 Å². The maximum absolute atomic E-state index is 11.8. The fraction of sp³-hybridized carbons (Fsp3) is 0.462. The van der Waals surface area contributed by atoms with Gasteiger partial charge in [0.2, 0.25) is 5.91 Å². The van der Waals surface area contributed by atoms with E-state index in [0.717, 1.165) is 10.5 Å². The summed E-state index contributed by atoms with van der Waals surface area (Å²) in [5, 5.41) is 2.79. The van der Waals surface area contributed by atoms with E-state index in [4.69, 9.17) is 0 Å². The van der Waals surface area contributed by atoms with Crippen LogP contribution in [0.4, 0.5) is 0 Å². The standard InChI is InChI=1S/C13H17NO3S2/c1-10-4-2-3-5-12(10)18-8-13(15)14-11-6-7-19(16,17)9-11/h2-5,11H,6-9H2,1H3,(H,14,15). The number of sulfone groups is 1. The van der Waals surface area contributed by atoms with Gasteiger partial charge in [0, 0.05) is 10.9 Å². The van der Waals surface area contributed by atoms with Crippen LogP contribution in [0.2, 0.25) is 0 Å². The number of thioether (sulfide) groups is 1. The first-order valence-corrected chi connectivity index (χ1v) is 8.95. The molecule has 4 nitrogen and oxygen atoms in total. The molecular weight excluding hydrogens is 282 g/mol. The Kier molecular flexibility index (Phi) is 4.52. The molecule has 19 heavy (non-hydrogen) atoms. The van der Waals surface area contributed by atoms with Crippen LogP contribution in [-0.2, 0) is 14.6 Å². The Morgan fingerprint density at radius 1 is 1.42 bits per heavy atom. The molecule has 1 amide bonds. The molecule has 0 spiro atoms. The third-order valence-electron chi connectivity index (χ3n) is 3.05. The second-order valence-corrected chi connectivity index (χ2v) is 7.97. The minimum Gasteiger partial charge on any atom is -0.352 e. The highest BCUT2D eigenvalue weighted by Crippen LogP contribution is 2.21. The van der Waals surface area contributed by atoms with Crippen molar-refractivity contribution in [3.63, 3.8) is 0 Å². The summed E-state index contributed by atoms with van der Waals surface area (Å²) in [5.41, 5.74) is 1.14. The second-order valence-electron chi connectivity index (χ2n) is 4.72. The minimum absolute atomic E-state index is 0.0772. The molecule has 6 heteroatoms. The number of amides is 1. The van der Waals surface area contributed by atoms with Gasteiger partial charge in [0.1, 0.15) is 0 Å². The molecule has 0 aliphatic carbocycles. The van der Waals surface area contributed by atoms with Gasteiger partial charge in [-0.15, -0.1) is 11.8 Å². The van der Waals surface area contributed by atoms with Crippen molar-refractivity contribution < 1.29 is 13.2 Å². The molecule has 1 N–H and O–H groups in total. The fourth-order valence-corrected chi connectivity index (χ4v) is 4.55. The highest BCUT2D eigenvalue weighted by molar-refractivity contribution is 8.00. The first-order chi connectivity index (χ1) is 8.96. The summed E-state index contributed by atoms with van der Waals surface area (Å²) in [6.07, 6.45) is 0.531. The van der Waals surface area contributed by atoms with Crippen molar-refractivity contribution in [3.05, 3.63) is 29.8 Å². The lowest BCUT2D eigenvalue weighted by atomic mass is 10.2. The molecule has 104 valence electrons. The molecule has 1 aliphatic heterocycles. The summed E-state index contributed by atoms with van der Waals surface area (Å²) >= 11 is 1.48. The molecule has 1 aliphatic rings. The lowest BCUT2D eigenvalue weighted by Gasteiger charge is -2.11. The van der Waals surface area contributed by atoms with E-state index in [1.54, 1.807) is 0 Å². The SMILES string of the molecule is Cc1ccccc1SCC(=O)NC1CCS(=O)(=O)C1. The molecule has 0 aromatic heterocycles. The number of nitrogens with one attached hydrogen (secondary N) is 1. The van der Waals surface area contributed by atoms with Crippen LogP contribution in [0.3, 0.4) is 0 Å². The van der Waals surface area contributed by atoms with Crippen molar-refractivity contribution >= 4 is 27.5 Å². The first kappa shape index (κ1) is 14.4. The summed E-state index contributed by atoms with van der Waals surface area (Å²) in [7, 11) is -2.94. The van der Waals surface area contributed by atoms with Gasteiger partial charge in [-0.2, -0.15) is 0 Å². The zero-order valence-electron chi connectivity index (χ0n) is 10.8. The van der Waals surface area contributed by atoms with Gasteiger partial charge in [0.15, 0.2) is 9.84 Å². The van der Waals surface area contributed by atoms with E-state index >= 15 is 0 Å². The molecule has 0 radical (unpaired) electrons. The van der Waals surface area contributed by atoms with Gasteiger partial charge >= 0.3 is 0 Å². The van der Waals surface area contributed by atoms with E-state index in [2.05, 4.69) is 5.32 Å². The predicted molar refractivity (Wildman–Crippen MR) is 77.1 cm³/mol. The molecule has 1 fully saturated rings. The van der Waals surface area contributed by atoms with Gasteiger partial charge in [-0.1, -0.05) is 18.2 Å². The Labute approximate surface area is 117 Å². The molecule has 0 bridgehead atoms. The van der Waals surface area contributed by atoms with Gasteiger partial charge in [-0.3, -0.25) is 4.79 Å². The maximum atomic E-state index is 11.8. The van der Waals surface area contributed by atoms with Crippen LogP contribution in [0, 0.1) is 6.92 Å². The number of benzene rings is 1. The number of carbonyl (C=O) groups is 1. The summed E-state index contributed by atoms with van der Waals surface area (Å²) in [6.45, 7) is 2.00. The number of aryl methyl sites for hydroxylation is 1. The van der Waals surface area contributed by atoms with Crippen molar-refractivity contribution in [1.82, 2.24) is 5.32 Å². The average Bonchev–Trinajstić information content (AvgIpc) is 2.67. The van der Waals surface area contributed by atoms with Crippen molar-refractivity contribution in [2.75, 3.05) is 17.3 Å². The van der Waals surface area contributed by atoms with Crippen LogP contribution in [0.5, 0.6) is 0 Å². The van der Waals surface area contributed by atoms with Crippen molar-refractivity contribution in [2.45, 2.75) is 24.3 Å². The van der Waals surface area contributed by atoms with Gasteiger partial charge in [-0.25, -0.2) is 8.42 Å². The zero-order chi connectivity index (χ0) is 13.9. The van der Waals surface area contributed by atoms with E-state index in [1.807, 2.05) is 31.2 Å². The van der Waals surface area contributed by atoms with Crippen LogP contribution < -0.4 is 5.32 Å². The van der Waals surface area contributed by atoms with E-state index in [0.29, 0.717) is 12.2 Å². The number of carbonyl (C=O) groups excluding carboxylic acids is 1. The molecule has 2 rings (SSSR count). The van der Waals surface area contributed by atoms with Gasteiger partial charge in [0.05, 0.1) is 17.3 Å². The first-order valence-electron chi connectivity index (χ1n) is 6.14. The Morgan fingerprint density at radius 3 is 2.79 bits per heavy atom. The van der Waals surface area contributed by atoms with Crippen molar-refractivity contribution in [1.29, 1.82) is 0 Å². The normalized spacial score (nSPS) is 21.2. The summed E-state index contributed by atoms with van der Waals surface area (Å²) in [6, 6.07) is 7.67. The molecule has 1 atom stereocenters. The van der Waals surface area contributed by atoms with Gasteiger partial charge in [0.25, 0.3) is 0 Å². The quantitative estimate of drug-likeness (QED) is 0.853. The Morgan fingerprint density at radius 2 is 2.16 bits per heavy atom. The van der Waals surface area contributed by atoms with Crippen LogP contribution >= 0.6 is 11.8 Å². The van der Waals surface area contributed by atoms with Gasteiger partial charge in [-0.05, 0) is 25.0 Å². The molecule has 1 saturated heterocycles. The smallest absolute Gasteiger partial charge is 0.230 e. The lowest BCUT2D eigenvalue weighted by Crippen LogP contribution is -2.36. The van der Waals surface area contributed by atoms with Crippen LogP contribution in [0.25, 0.3) is 0 Å². The molecule has 1 aromatic carbocycles. The number of rotatable bonds is 4. The number of hydrogen-bond donors (Lipinski definition) is 1. The molecule has 1 unspecified atom stereocenters. The van der Waals surface area contributed by atoms with E-state index in [1.165, 1.54) is 11.8 Å². The van der Waals surface area contributed by atoms with E-state index in [-0.39, 0.29) is 23.5 Å². The molecule has 1 aromatic rings. The molecular formula is C13H17NO3S2. The summed E-state index contributed by atoms with van der Waals surface area (Å²) in [4.78, 5) is 12.8. The molecule has 1 heterocycles. The highest BCUT2D eigenvalue weighted by atomic mass is 32.2. The largest absolute Gasteiger partial charge is 0.352 e. The third kappa shape index (κ3) is 4.24. The van der Waals surface area contributed by atoms with E-state index in [9.17, 15) is 13.2 Å². The maximum Gasteiger partial charge on any atom is 0.230 e. The fourth-order valence-electron chi connectivity index (χ4n) is 2.04. The van der Waals surface area contributed by atoms with Crippen LogP contribution in [0.15, 0.2) is 29.2 Å². The Hall–Kier alpha value is -1.01. The highest BCUT2D eigenvalue weighted by Gasteiger charge is 2.28. The third-order valence-corrected chi connectivity index (χ3v) is 5.99.